The normalized spacial score (nSPS) is 0. The second kappa shape index (κ2) is 96.4. The van der Waals surface area contributed by atoms with Gasteiger partial charge >= 0.3 is 50.1 Å². The Balaban J connectivity index is 0. The van der Waals surface area contributed by atoms with Crippen molar-refractivity contribution in [2.75, 3.05) is 0 Å². The molecule has 0 aromatic heterocycles. The predicted molar refractivity (Wildman–Crippen MR) is 2.06 cm³/mol. The van der Waals surface area contributed by atoms with Gasteiger partial charge in [0.25, 0.3) is 0 Å². The van der Waals surface area contributed by atoms with Gasteiger partial charge in [0.15, 0.2) is 0 Å². The van der Waals surface area contributed by atoms with Crippen molar-refractivity contribution < 1.29 is 66.5 Å². The molecule has 0 N–H and O–H groups in total. The van der Waals surface area contributed by atoms with E-state index in [4.69, 9.17) is 0 Å². The van der Waals surface area contributed by atoms with Gasteiger partial charge in [0.1, 0.15) is 0 Å². The Labute approximate surface area is 66.5 Å². The molecule has 3 nitrogen and oxygen atoms in total. The summed E-state index contributed by atoms with van der Waals surface area (Å²) in [5, 5.41) is 0. The molecule has 0 aliphatic heterocycles. The molecule has 0 aliphatic carbocycles. The fourth-order valence-corrected chi connectivity index (χ4v) is 0. The van der Waals surface area contributed by atoms with Crippen molar-refractivity contribution in [2.45, 2.75) is 0 Å². The van der Waals surface area contributed by atoms with E-state index in [2.05, 4.69) is 0 Å². The fourth-order valence-electron chi connectivity index (χ4n) is 0. The van der Waals surface area contributed by atoms with E-state index in [9.17, 15) is 0 Å². The first-order valence-electron chi connectivity index (χ1n) is 0. The first kappa shape index (κ1) is 157. The van der Waals surface area contributed by atoms with Gasteiger partial charge in [-0.05, 0) is 0 Å². The molecule has 0 spiro atoms. The van der Waals surface area contributed by atoms with Crippen molar-refractivity contribution in [1.29, 1.82) is 0 Å². The molecule has 46 valence electrons. The van der Waals surface area contributed by atoms with E-state index in [-0.39, 0.29) is 66.5 Å². The van der Waals surface area contributed by atoms with Gasteiger partial charge in [-0.2, -0.15) is 0 Å². The third kappa shape index (κ3) is 53.9. The zero-order valence-corrected chi connectivity index (χ0v) is 5.29. The third-order valence-corrected chi connectivity index (χ3v) is 0. The van der Waals surface area contributed by atoms with E-state index in [0.29, 0.717) is 0 Å². The Hall–Kier alpha value is 1.39. The van der Waals surface area contributed by atoms with Crippen molar-refractivity contribution in [2.24, 2.45) is 0 Å². The molecule has 0 heterocycles. The third-order valence-electron chi connectivity index (χ3n) is 0. The van der Waals surface area contributed by atoms with Crippen LogP contribution in [0.4, 0.5) is 0 Å². The first-order valence-corrected chi connectivity index (χ1v) is 0. The topological polar surface area (TPSA) is 85.5 Å². The van der Waals surface area contributed by atoms with Gasteiger partial charge in [-0.3, -0.25) is 0 Å². The van der Waals surface area contributed by atoms with Gasteiger partial charge in [-0.1, -0.05) is 0 Å². The van der Waals surface area contributed by atoms with Gasteiger partial charge in [0.2, 0.25) is 0 Å². The van der Waals surface area contributed by atoms with Crippen LogP contribution in [0.15, 0.2) is 0 Å². The number of rotatable bonds is 0. The minimum absolute atomic E-state index is 0. The maximum absolute atomic E-state index is 0. The van der Waals surface area contributed by atoms with E-state index in [0.717, 1.165) is 0 Å². The van der Waals surface area contributed by atoms with E-state index < -0.39 is 0 Å². The van der Waals surface area contributed by atoms with Gasteiger partial charge in [-0.15, -0.1) is 0 Å². The molecule has 0 rings (SSSR count). The molecule has 6 heavy (non-hydrogen) atoms. The van der Waals surface area contributed by atoms with Crippen LogP contribution in [0.2, 0.25) is 0 Å². The van der Waals surface area contributed by atoms with Gasteiger partial charge in [-0.25, -0.2) is 0 Å². The summed E-state index contributed by atoms with van der Waals surface area (Å²) in [6.07, 6.45) is 0. The Kier molecular flexibility index (Phi) is 2520. The quantitative estimate of drug-likeness (QED) is 0.500. The van der Waals surface area contributed by atoms with Crippen LogP contribution in [0.3, 0.4) is 0 Å². The summed E-state index contributed by atoms with van der Waals surface area (Å²) in [5.74, 6) is 0. The molecule has 0 fully saturated rings. The molecule has 0 saturated carbocycles. The summed E-state index contributed by atoms with van der Waals surface area (Å²) < 4.78 is 0. The minimum atomic E-state index is 0. The Bertz CT molecular complexity index is 8.75. The molecular formula is FeNi2O3. The number of hydrogen-bond donors (Lipinski definition) is 0. The standard InChI is InChI=1S/Fe.2Ni.3O/q3*+2;3*-2. The molecule has 0 aromatic rings. The summed E-state index contributed by atoms with van der Waals surface area (Å²) in [5.41, 5.74) is 0. The van der Waals surface area contributed by atoms with Crippen molar-refractivity contribution in [3.63, 3.8) is 0 Å². The van der Waals surface area contributed by atoms with Crippen LogP contribution in [0.5, 0.6) is 0 Å². The van der Waals surface area contributed by atoms with Crippen LogP contribution >= 0.6 is 0 Å². The average Bonchev–Trinajstić information content (AvgIpc) is 0. The molecular weight excluding hydrogens is 221 g/mol. The van der Waals surface area contributed by atoms with Gasteiger partial charge in [0, 0.05) is 0 Å². The Morgan fingerprint density at radius 3 is 0.500 bits per heavy atom. The van der Waals surface area contributed by atoms with Crippen LogP contribution < -0.4 is 0 Å². The van der Waals surface area contributed by atoms with Crippen LogP contribution in [-0.4, -0.2) is 0 Å². The fraction of sp³-hybridized carbons (Fsp3) is 0. The van der Waals surface area contributed by atoms with Gasteiger partial charge < -0.3 is 16.4 Å². The second-order valence-electron chi connectivity index (χ2n) is 0. The van der Waals surface area contributed by atoms with E-state index >= 15 is 0 Å². The zero-order chi connectivity index (χ0) is 0. The van der Waals surface area contributed by atoms with Crippen LogP contribution in [0.1, 0.15) is 0 Å². The van der Waals surface area contributed by atoms with Crippen LogP contribution in [-0.2, 0) is 66.5 Å². The van der Waals surface area contributed by atoms with Crippen molar-refractivity contribution >= 4 is 0 Å². The molecule has 0 radical (unpaired) electrons. The molecule has 0 atom stereocenters. The van der Waals surface area contributed by atoms with Crippen molar-refractivity contribution in [3.8, 4) is 0 Å². The average molecular weight is 221 g/mol. The van der Waals surface area contributed by atoms with Crippen molar-refractivity contribution in [3.05, 3.63) is 0 Å². The Morgan fingerprint density at radius 2 is 0.500 bits per heavy atom. The van der Waals surface area contributed by atoms with Crippen molar-refractivity contribution in [1.82, 2.24) is 0 Å². The van der Waals surface area contributed by atoms with Crippen LogP contribution in [0.25, 0.3) is 0 Å². The SMILES string of the molecule is [Fe+2].[Ni+2].[Ni+2].[O-2].[O-2].[O-2]. The Morgan fingerprint density at radius 1 is 0.500 bits per heavy atom. The predicted octanol–water partition coefficient (Wildman–Crippen LogP) is -0.364. The summed E-state index contributed by atoms with van der Waals surface area (Å²) in [6.45, 7) is 0. The summed E-state index contributed by atoms with van der Waals surface area (Å²) >= 11 is 0. The number of hydrogen-bond acceptors (Lipinski definition) is 0. The first-order chi connectivity index (χ1) is 0. The summed E-state index contributed by atoms with van der Waals surface area (Å²) in [7, 11) is 0. The summed E-state index contributed by atoms with van der Waals surface area (Å²) in [6, 6.07) is 0. The summed E-state index contributed by atoms with van der Waals surface area (Å²) in [4.78, 5) is 0. The minimum Gasteiger partial charge on any atom is -2.00 e. The maximum atomic E-state index is 0. The van der Waals surface area contributed by atoms with Crippen LogP contribution in [0, 0.1) is 0 Å². The molecule has 0 amide bonds. The molecule has 6 heteroatoms. The monoisotopic (exact) mass is 220 g/mol. The van der Waals surface area contributed by atoms with Gasteiger partial charge in [0.05, 0.1) is 0 Å². The van der Waals surface area contributed by atoms with E-state index in [1.165, 1.54) is 0 Å². The van der Waals surface area contributed by atoms with E-state index in [1.807, 2.05) is 0 Å². The maximum Gasteiger partial charge on any atom is 2.00 e. The van der Waals surface area contributed by atoms with E-state index in [1.54, 1.807) is 0 Å². The largest absolute Gasteiger partial charge is 2.00 e. The molecule has 0 aliphatic rings. The molecule has 0 unspecified atom stereocenters. The molecule has 0 saturated heterocycles. The second-order valence-corrected chi connectivity index (χ2v) is 0. The smallest absolute Gasteiger partial charge is 2.00 e. The molecule has 0 bridgehead atoms. The molecule has 0 aromatic carbocycles. The zero-order valence-electron chi connectivity index (χ0n) is 2.21.